The molecule has 1 aromatic heterocycles. The van der Waals surface area contributed by atoms with Crippen LogP contribution in [0.15, 0.2) is 36.9 Å². The highest BCUT2D eigenvalue weighted by Crippen LogP contribution is 2.20. The van der Waals surface area contributed by atoms with Crippen LogP contribution in [0.3, 0.4) is 0 Å². The Morgan fingerprint density at radius 1 is 1.26 bits per heavy atom. The minimum Gasteiger partial charge on any atom is -0.381 e. The molecule has 0 bridgehead atoms. The molecule has 2 aromatic rings. The zero-order valence-electron chi connectivity index (χ0n) is 11.0. The van der Waals surface area contributed by atoms with Crippen molar-refractivity contribution in [2.45, 2.75) is 20.4 Å². The molecule has 0 aliphatic rings. The lowest BCUT2D eigenvalue weighted by Crippen LogP contribution is -2.08. The number of hydrogen-bond donors (Lipinski definition) is 2. The first-order chi connectivity index (χ1) is 9.15. The average Bonchev–Trinajstić information content (AvgIpc) is 2.40. The third kappa shape index (κ3) is 3.77. The summed E-state index contributed by atoms with van der Waals surface area (Å²) in [5.74, 6) is -0.0725. The van der Waals surface area contributed by atoms with Gasteiger partial charge in [-0.3, -0.25) is 4.79 Å². The van der Waals surface area contributed by atoms with Gasteiger partial charge in [-0.1, -0.05) is 6.07 Å². The molecule has 5 heteroatoms. The first-order valence-corrected chi connectivity index (χ1v) is 6.01. The van der Waals surface area contributed by atoms with Crippen molar-refractivity contribution in [2.24, 2.45) is 0 Å². The largest absolute Gasteiger partial charge is 0.381 e. The Balaban J connectivity index is 2.06. The molecule has 1 aromatic carbocycles. The monoisotopic (exact) mass is 256 g/mol. The first-order valence-electron chi connectivity index (χ1n) is 6.01. The van der Waals surface area contributed by atoms with Crippen molar-refractivity contribution in [1.82, 2.24) is 9.97 Å². The number of carbonyl (C=O) groups is 1. The summed E-state index contributed by atoms with van der Waals surface area (Å²) in [6, 6.07) is 5.86. The molecule has 98 valence electrons. The number of aromatic nitrogens is 2. The van der Waals surface area contributed by atoms with Crippen LogP contribution in [0.1, 0.15) is 18.1 Å². The Hall–Kier alpha value is -2.43. The highest BCUT2D eigenvalue weighted by molar-refractivity contribution is 5.90. The third-order valence-electron chi connectivity index (χ3n) is 2.66. The number of amides is 1. The van der Waals surface area contributed by atoms with Gasteiger partial charge in [0.25, 0.3) is 0 Å². The minimum absolute atomic E-state index is 0.0725. The van der Waals surface area contributed by atoms with Crippen LogP contribution in [0, 0.1) is 6.92 Å². The lowest BCUT2D eigenvalue weighted by Gasteiger charge is -2.11. The SMILES string of the molecule is CC(=O)Nc1cc(NCc2cncnc2)ccc1C. The third-order valence-corrected chi connectivity index (χ3v) is 2.66. The smallest absolute Gasteiger partial charge is 0.221 e. The predicted molar refractivity (Wildman–Crippen MR) is 74.8 cm³/mol. The molecule has 0 unspecified atom stereocenters. The van der Waals surface area contributed by atoms with Crippen molar-refractivity contribution < 1.29 is 4.79 Å². The molecule has 0 aliphatic heterocycles. The fourth-order valence-corrected chi connectivity index (χ4v) is 1.68. The topological polar surface area (TPSA) is 66.9 Å². The molecule has 0 radical (unpaired) electrons. The van der Waals surface area contributed by atoms with Gasteiger partial charge in [-0.15, -0.1) is 0 Å². The van der Waals surface area contributed by atoms with Gasteiger partial charge >= 0.3 is 0 Å². The molecule has 2 N–H and O–H groups in total. The fraction of sp³-hybridized carbons (Fsp3) is 0.214. The van der Waals surface area contributed by atoms with Gasteiger partial charge in [-0.05, 0) is 24.6 Å². The number of anilines is 2. The number of nitrogens with one attached hydrogen (secondary N) is 2. The number of hydrogen-bond acceptors (Lipinski definition) is 4. The van der Waals surface area contributed by atoms with Gasteiger partial charge < -0.3 is 10.6 Å². The molecular formula is C14H16N4O. The molecule has 0 aliphatic carbocycles. The lowest BCUT2D eigenvalue weighted by atomic mass is 10.1. The number of benzene rings is 1. The van der Waals surface area contributed by atoms with Crippen LogP contribution >= 0.6 is 0 Å². The van der Waals surface area contributed by atoms with Crippen molar-refractivity contribution in [3.63, 3.8) is 0 Å². The van der Waals surface area contributed by atoms with Crippen LogP contribution in [0.2, 0.25) is 0 Å². The van der Waals surface area contributed by atoms with Crippen molar-refractivity contribution in [2.75, 3.05) is 10.6 Å². The Kier molecular flexibility index (Phi) is 4.07. The van der Waals surface area contributed by atoms with Gasteiger partial charge in [0, 0.05) is 42.8 Å². The molecule has 1 amide bonds. The molecule has 5 nitrogen and oxygen atoms in total. The number of rotatable bonds is 4. The maximum atomic E-state index is 11.1. The van der Waals surface area contributed by atoms with Crippen LogP contribution in [0.4, 0.5) is 11.4 Å². The van der Waals surface area contributed by atoms with Crippen LogP contribution < -0.4 is 10.6 Å². The van der Waals surface area contributed by atoms with Crippen molar-refractivity contribution in [1.29, 1.82) is 0 Å². The standard InChI is InChI=1S/C14H16N4O/c1-10-3-4-13(5-14(10)18-11(2)19)17-8-12-6-15-9-16-7-12/h3-7,9,17H,8H2,1-2H3,(H,18,19). The van der Waals surface area contributed by atoms with E-state index in [4.69, 9.17) is 0 Å². The van der Waals surface area contributed by atoms with E-state index < -0.39 is 0 Å². The van der Waals surface area contributed by atoms with Crippen molar-refractivity contribution in [3.05, 3.63) is 48.0 Å². The van der Waals surface area contributed by atoms with E-state index >= 15 is 0 Å². The van der Waals surface area contributed by atoms with Gasteiger partial charge in [-0.25, -0.2) is 9.97 Å². The summed E-state index contributed by atoms with van der Waals surface area (Å²) in [4.78, 5) is 19.0. The molecule has 19 heavy (non-hydrogen) atoms. The van der Waals surface area contributed by atoms with Crippen LogP contribution in [0.25, 0.3) is 0 Å². The molecule has 0 fully saturated rings. The highest BCUT2D eigenvalue weighted by Gasteiger charge is 2.02. The summed E-state index contributed by atoms with van der Waals surface area (Å²) < 4.78 is 0. The first kappa shape index (κ1) is 13.0. The molecule has 2 rings (SSSR count). The van der Waals surface area contributed by atoms with Gasteiger partial charge in [0.1, 0.15) is 6.33 Å². The average molecular weight is 256 g/mol. The van der Waals surface area contributed by atoms with E-state index in [0.29, 0.717) is 6.54 Å². The van der Waals surface area contributed by atoms with Crippen molar-refractivity contribution in [3.8, 4) is 0 Å². The van der Waals surface area contributed by atoms with E-state index in [1.165, 1.54) is 13.3 Å². The summed E-state index contributed by atoms with van der Waals surface area (Å²) in [5.41, 5.74) is 3.80. The second-order valence-electron chi connectivity index (χ2n) is 4.31. The Morgan fingerprint density at radius 2 is 2.00 bits per heavy atom. The summed E-state index contributed by atoms with van der Waals surface area (Å²) in [6.45, 7) is 4.10. The Labute approximate surface area is 112 Å². The predicted octanol–water partition coefficient (Wildman–Crippen LogP) is 2.36. The van der Waals surface area contributed by atoms with Gasteiger partial charge in [0.15, 0.2) is 0 Å². The van der Waals surface area contributed by atoms with E-state index in [9.17, 15) is 4.79 Å². The highest BCUT2D eigenvalue weighted by atomic mass is 16.1. The molecule has 0 spiro atoms. The maximum Gasteiger partial charge on any atom is 0.221 e. The summed E-state index contributed by atoms with van der Waals surface area (Å²) >= 11 is 0. The second kappa shape index (κ2) is 5.95. The zero-order valence-corrected chi connectivity index (χ0v) is 11.0. The molecule has 0 atom stereocenters. The lowest BCUT2D eigenvalue weighted by molar-refractivity contribution is -0.114. The number of nitrogens with zero attached hydrogens (tertiary/aromatic N) is 2. The van der Waals surface area contributed by atoms with Gasteiger partial charge in [0.2, 0.25) is 5.91 Å². The van der Waals surface area contributed by atoms with Crippen LogP contribution in [-0.2, 0) is 11.3 Å². The minimum atomic E-state index is -0.0725. The fourth-order valence-electron chi connectivity index (χ4n) is 1.68. The van der Waals surface area contributed by atoms with E-state index in [0.717, 1.165) is 22.5 Å². The molecular weight excluding hydrogens is 240 g/mol. The number of carbonyl (C=O) groups excluding carboxylic acids is 1. The quantitative estimate of drug-likeness (QED) is 0.881. The molecule has 0 saturated heterocycles. The summed E-state index contributed by atoms with van der Waals surface area (Å²) in [5, 5.41) is 6.08. The van der Waals surface area contributed by atoms with Crippen molar-refractivity contribution >= 4 is 17.3 Å². The van der Waals surface area contributed by atoms with Crippen LogP contribution in [-0.4, -0.2) is 15.9 Å². The van der Waals surface area contributed by atoms with E-state index in [2.05, 4.69) is 20.6 Å². The Morgan fingerprint density at radius 3 is 2.68 bits per heavy atom. The number of aryl methyl sites for hydroxylation is 1. The van der Waals surface area contributed by atoms with Crippen LogP contribution in [0.5, 0.6) is 0 Å². The molecule has 0 saturated carbocycles. The molecule has 1 heterocycles. The van der Waals surface area contributed by atoms with Gasteiger partial charge in [0.05, 0.1) is 0 Å². The Bertz CT molecular complexity index is 569. The van der Waals surface area contributed by atoms with Gasteiger partial charge in [-0.2, -0.15) is 0 Å². The van der Waals surface area contributed by atoms with E-state index in [1.54, 1.807) is 12.4 Å². The summed E-state index contributed by atoms with van der Waals surface area (Å²) in [7, 11) is 0. The second-order valence-corrected chi connectivity index (χ2v) is 4.31. The maximum absolute atomic E-state index is 11.1. The van der Waals surface area contributed by atoms with E-state index in [1.807, 2.05) is 25.1 Å². The summed E-state index contributed by atoms with van der Waals surface area (Å²) in [6.07, 6.45) is 5.04. The zero-order chi connectivity index (χ0) is 13.7. The normalized spacial score (nSPS) is 10.0. The van der Waals surface area contributed by atoms with E-state index in [-0.39, 0.29) is 5.91 Å².